The predicted octanol–water partition coefficient (Wildman–Crippen LogP) is 2.30. The molecule has 1 aliphatic carbocycles. The van der Waals surface area contributed by atoms with Crippen molar-refractivity contribution in [2.75, 3.05) is 0 Å². The first kappa shape index (κ1) is 11.6. The molecule has 2 rings (SSSR count). The zero-order valence-corrected chi connectivity index (χ0v) is 11.3. The summed E-state index contributed by atoms with van der Waals surface area (Å²) in [6.07, 6.45) is 3.14. The molecule has 1 aliphatic rings. The fourth-order valence-electron chi connectivity index (χ4n) is 2.48. The normalized spacial score (nSPS) is 28.2. The fourth-order valence-corrected chi connectivity index (χ4v) is 2.48. The van der Waals surface area contributed by atoms with Crippen LogP contribution in [0.2, 0.25) is 0 Å². The van der Waals surface area contributed by atoms with Crippen molar-refractivity contribution in [3.63, 3.8) is 0 Å². The summed E-state index contributed by atoms with van der Waals surface area (Å²) in [5.74, 6) is 0. The number of hydrogen-bond donors (Lipinski definition) is 1. The first-order valence-electron chi connectivity index (χ1n) is 5.91. The zero-order chi connectivity index (χ0) is 12.4. The van der Waals surface area contributed by atoms with Crippen LogP contribution in [0.15, 0.2) is 6.20 Å². The average Bonchev–Trinajstić information content (AvgIpc) is 2.46. The molecule has 3 heteroatoms. The van der Waals surface area contributed by atoms with Crippen LogP contribution >= 0.6 is 0 Å². The van der Waals surface area contributed by atoms with Gasteiger partial charge < -0.3 is 5.73 Å². The Morgan fingerprint density at radius 2 is 1.88 bits per heavy atom. The lowest BCUT2D eigenvalue weighted by molar-refractivity contribution is 0.487. The highest BCUT2D eigenvalue weighted by molar-refractivity contribution is 5.39. The highest BCUT2D eigenvalue weighted by Crippen LogP contribution is 2.61. The number of aryl methyl sites for hydroxylation is 1. The van der Waals surface area contributed by atoms with Crippen LogP contribution < -0.4 is 5.73 Å². The molecular weight excluding hydrogens is 198 g/mol. The molecule has 1 atom stereocenters. The van der Waals surface area contributed by atoms with Gasteiger partial charge in [-0.15, -0.1) is 0 Å². The molecule has 0 amide bonds. The van der Waals surface area contributed by atoms with Gasteiger partial charge in [0.05, 0.1) is 11.2 Å². The fraction of sp³-hybridized carbons (Fsp3) is 0.769. The van der Waals surface area contributed by atoms with Crippen LogP contribution in [0.1, 0.15) is 52.3 Å². The van der Waals surface area contributed by atoms with Gasteiger partial charge in [0.1, 0.15) is 0 Å². The minimum atomic E-state index is -0.177. The Labute approximate surface area is 98.0 Å². The summed E-state index contributed by atoms with van der Waals surface area (Å²) in [5, 5.41) is 4.59. The summed E-state index contributed by atoms with van der Waals surface area (Å²) in [6, 6.07) is 0. The van der Waals surface area contributed by atoms with E-state index in [2.05, 4.69) is 45.9 Å². The van der Waals surface area contributed by atoms with Crippen molar-refractivity contribution in [2.45, 2.75) is 52.0 Å². The van der Waals surface area contributed by atoms with Crippen molar-refractivity contribution in [1.29, 1.82) is 0 Å². The summed E-state index contributed by atoms with van der Waals surface area (Å²) in [7, 11) is 1.97. The van der Waals surface area contributed by atoms with E-state index in [1.165, 1.54) is 5.56 Å². The van der Waals surface area contributed by atoms with E-state index < -0.39 is 0 Å². The Kier molecular flexibility index (Phi) is 2.10. The van der Waals surface area contributed by atoms with Crippen LogP contribution in [0.5, 0.6) is 0 Å². The second kappa shape index (κ2) is 2.89. The molecule has 0 aromatic carbocycles. The van der Waals surface area contributed by atoms with Crippen LogP contribution in [0.25, 0.3) is 0 Å². The van der Waals surface area contributed by atoms with Gasteiger partial charge in [0.25, 0.3) is 0 Å². The zero-order valence-electron chi connectivity index (χ0n) is 11.3. The largest absolute Gasteiger partial charge is 0.321 e. The van der Waals surface area contributed by atoms with Crippen molar-refractivity contribution >= 4 is 0 Å². The number of rotatable bonds is 1. The van der Waals surface area contributed by atoms with E-state index in [9.17, 15) is 0 Å². The molecule has 2 N–H and O–H groups in total. The monoisotopic (exact) mass is 221 g/mol. The summed E-state index contributed by atoms with van der Waals surface area (Å²) in [4.78, 5) is 0. The van der Waals surface area contributed by atoms with Crippen LogP contribution in [-0.2, 0) is 18.0 Å². The second-order valence-electron chi connectivity index (χ2n) is 6.85. The van der Waals surface area contributed by atoms with Crippen LogP contribution in [0, 0.1) is 5.41 Å². The van der Waals surface area contributed by atoms with Gasteiger partial charge >= 0.3 is 0 Å². The molecule has 0 spiro atoms. The molecule has 1 fully saturated rings. The Bertz CT molecular complexity index is 423. The molecule has 0 bridgehead atoms. The maximum atomic E-state index is 6.50. The van der Waals surface area contributed by atoms with Crippen LogP contribution in [0.4, 0.5) is 0 Å². The summed E-state index contributed by atoms with van der Waals surface area (Å²) >= 11 is 0. The van der Waals surface area contributed by atoms with E-state index in [1.807, 2.05) is 11.7 Å². The van der Waals surface area contributed by atoms with E-state index >= 15 is 0 Å². The van der Waals surface area contributed by atoms with Gasteiger partial charge in [-0.3, -0.25) is 4.68 Å². The highest BCUT2D eigenvalue weighted by atomic mass is 15.3. The lowest BCUT2D eigenvalue weighted by atomic mass is 9.85. The van der Waals surface area contributed by atoms with Crippen molar-refractivity contribution in [1.82, 2.24) is 9.78 Å². The Balaban J connectivity index is 2.51. The van der Waals surface area contributed by atoms with E-state index in [1.54, 1.807) is 0 Å². The maximum Gasteiger partial charge on any atom is 0.0728 e. The maximum absolute atomic E-state index is 6.50. The number of aromatic nitrogens is 2. The van der Waals surface area contributed by atoms with Gasteiger partial charge in [-0.25, -0.2) is 0 Å². The third-order valence-electron chi connectivity index (χ3n) is 3.82. The van der Waals surface area contributed by atoms with Crippen LogP contribution in [0.3, 0.4) is 0 Å². The van der Waals surface area contributed by atoms with Gasteiger partial charge in [-0.1, -0.05) is 34.6 Å². The van der Waals surface area contributed by atoms with E-state index in [-0.39, 0.29) is 16.4 Å². The standard InChI is InChI=1S/C13H23N3/c1-11(2,3)10-9(7-16(6)15-10)13(14)8-12(13,4)5/h7H,8,14H2,1-6H3. The third-order valence-corrected chi connectivity index (χ3v) is 3.82. The molecule has 0 radical (unpaired) electrons. The number of hydrogen-bond acceptors (Lipinski definition) is 2. The highest BCUT2D eigenvalue weighted by Gasteiger charge is 2.61. The number of nitrogens with two attached hydrogens (primary N) is 1. The van der Waals surface area contributed by atoms with Crippen molar-refractivity contribution in [2.24, 2.45) is 18.2 Å². The molecule has 1 unspecified atom stereocenters. The molecular formula is C13H23N3. The average molecular weight is 221 g/mol. The third kappa shape index (κ3) is 1.49. The van der Waals surface area contributed by atoms with Gasteiger partial charge in [0, 0.05) is 24.2 Å². The smallest absolute Gasteiger partial charge is 0.0728 e. The van der Waals surface area contributed by atoms with Crippen molar-refractivity contribution < 1.29 is 0 Å². The molecule has 16 heavy (non-hydrogen) atoms. The summed E-state index contributed by atoms with van der Waals surface area (Å²) in [5.41, 5.74) is 8.96. The Hall–Kier alpha value is -0.830. The molecule has 1 aromatic heterocycles. The van der Waals surface area contributed by atoms with Crippen molar-refractivity contribution in [3.8, 4) is 0 Å². The molecule has 1 aromatic rings. The topological polar surface area (TPSA) is 43.8 Å². The molecule has 3 nitrogen and oxygen atoms in total. The van der Waals surface area contributed by atoms with E-state index in [0.717, 1.165) is 12.1 Å². The van der Waals surface area contributed by atoms with Gasteiger partial charge in [-0.05, 0) is 11.8 Å². The SMILES string of the molecule is Cn1cc(C2(N)CC2(C)C)c(C(C)(C)C)n1. The van der Waals surface area contributed by atoms with Crippen LogP contribution in [-0.4, -0.2) is 9.78 Å². The first-order chi connectivity index (χ1) is 7.08. The minimum absolute atomic E-state index is 0.0572. The molecule has 0 saturated heterocycles. The van der Waals surface area contributed by atoms with E-state index in [4.69, 9.17) is 5.73 Å². The van der Waals surface area contributed by atoms with Gasteiger partial charge in [0.2, 0.25) is 0 Å². The van der Waals surface area contributed by atoms with Crippen molar-refractivity contribution in [3.05, 3.63) is 17.5 Å². The minimum Gasteiger partial charge on any atom is -0.321 e. The lowest BCUT2D eigenvalue weighted by Crippen LogP contribution is -2.29. The summed E-state index contributed by atoms with van der Waals surface area (Å²) < 4.78 is 1.89. The summed E-state index contributed by atoms with van der Waals surface area (Å²) in [6.45, 7) is 11.0. The van der Waals surface area contributed by atoms with Gasteiger partial charge in [-0.2, -0.15) is 5.10 Å². The second-order valence-corrected chi connectivity index (χ2v) is 6.85. The quantitative estimate of drug-likeness (QED) is 0.791. The Morgan fingerprint density at radius 3 is 2.25 bits per heavy atom. The molecule has 1 heterocycles. The molecule has 0 aliphatic heterocycles. The van der Waals surface area contributed by atoms with E-state index in [0.29, 0.717) is 0 Å². The van der Waals surface area contributed by atoms with Gasteiger partial charge in [0.15, 0.2) is 0 Å². The Morgan fingerprint density at radius 1 is 1.38 bits per heavy atom. The first-order valence-corrected chi connectivity index (χ1v) is 5.91. The number of nitrogens with zero attached hydrogens (tertiary/aromatic N) is 2. The lowest BCUT2D eigenvalue weighted by Gasteiger charge is -2.22. The molecule has 1 saturated carbocycles. The molecule has 90 valence electrons. The predicted molar refractivity (Wildman–Crippen MR) is 66.2 cm³/mol.